The molecule has 0 aliphatic carbocycles. The van der Waals surface area contributed by atoms with Crippen LogP contribution in [0.2, 0.25) is 0 Å². The van der Waals surface area contributed by atoms with E-state index in [1.165, 1.54) is 13.8 Å². The van der Waals surface area contributed by atoms with E-state index in [2.05, 4.69) is 10.0 Å². The number of carbonyl (C=O) groups excluding carboxylic acids is 3. The second-order valence-corrected chi connectivity index (χ2v) is 7.51. The molecule has 1 saturated heterocycles. The average Bonchev–Trinajstić information content (AvgIpc) is 2.74. The largest absolute Gasteiger partial charge is 0.481 e. The van der Waals surface area contributed by atoms with Crippen molar-refractivity contribution < 1.29 is 44.1 Å². The number of rotatable bonds is 14. The number of amides is 4. The van der Waals surface area contributed by atoms with Crippen LogP contribution in [0.5, 0.6) is 0 Å². The van der Waals surface area contributed by atoms with E-state index in [0.29, 0.717) is 9.80 Å². The number of azide groups is 1. The molecule has 1 heterocycles. The minimum Gasteiger partial charge on any atom is -0.481 e. The monoisotopic (exact) mass is 469 g/mol. The molecule has 0 saturated carbocycles. The van der Waals surface area contributed by atoms with Gasteiger partial charge in [-0.3, -0.25) is 14.4 Å². The van der Waals surface area contributed by atoms with Gasteiger partial charge in [-0.05, 0) is 37.6 Å². The number of carbonyl (C=O) groups is 6. The van der Waals surface area contributed by atoms with Gasteiger partial charge in [-0.15, -0.1) is 0 Å². The van der Waals surface area contributed by atoms with E-state index >= 15 is 0 Å². The highest BCUT2D eigenvalue weighted by Gasteiger charge is 2.59. The Labute approximate surface area is 188 Å². The molecule has 1 aliphatic rings. The van der Waals surface area contributed by atoms with Crippen molar-refractivity contribution in [2.45, 2.75) is 70.9 Å². The zero-order chi connectivity index (χ0) is 25.3. The molecule has 0 aromatic heterocycles. The summed E-state index contributed by atoms with van der Waals surface area (Å²) in [5, 5.41) is 31.6. The van der Waals surface area contributed by atoms with Gasteiger partial charge >= 0.3 is 23.9 Å². The van der Waals surface area contributed by atoms with Gasteiger partial charge < -0.3 is 15.3 Å². The molecule has 0 bridgehead atoms. The van der Waals surface area contributed by atoms with Crippen LogP contribution in [0, 0.1) is 5.41 Å². The molecule has 0 radical (unpaired) electrons. The summed E-state index contributed by atoms with van der Waals surface area (Å²) >= 11 is 0. The van der Waals surface area contributed by atoms with Gasteiger partial charge in [-0.1, -0.05) is 25.4 Å². The summed E-state index contributed by atoms with van der Waals surface area (Å²) in [7, 11) is 0. The Bertz CT molecular complexity index is 864. The fourth-order valence-electron chi connectivity index (χ4n) is 3.80. The topological polar surface area (TPSA) is 218 Å². The SMILES string of the molecule is CCC1(CC)C(=O)N([C@@H](CCCCN=[N+]=[N-])C(=O)O)C(=O)N([C@@H](CCC(=O)O)C(=O)O)C1=O. The van der Waals surface area contributed by atoms with E-state index in [1.54, 1.807) is 0 Å². The van der Waals surface area contributed by atoms with Crippen molar-refractivity contribution in [1.82, 2.24) is 9.80 Å². The first-order chi connectivity index (χ1) is 15.5. The predicted molar refractivity (Wildman–Crippen MR) is 110 cm³/mol. The van der Waals surface area contributed by atoms with Crippen LogP contribution in [0.15, 0.2) is 5.11 Å². The molecule has 4 amide bonds. The number of hydrogen-bond donors (Lipinski definition) is 3. The van der Waals surface area contributed by atoms with Gasteiger partial charge in [0, 0.05) is 17.9 Å². The van der Waals surface area contributed by atoms with Gasteiger partial charge in [0.1, 0.15) is 17.5 Å². The van der Waals surface area contributed by atoms with Crippen molar-refractivity contribution in [2.75, 3.05) is 6.54 Å². The molecule has 3 N–H and O–H groups in total. The molecule has 0 aromatic carbocycles. The Kier molecular flexibility index (Phi) is 9.79. The second kappa shape index (κ2) is 11.8. The van der Waals surface area contributed by atoms with Gasteiger partial charge in [0.05, 0.1) is 0 Å². The molecule has 33 heavy (non-hydrogen) atoms. The number of aliphatic carboxylic acids is 3. The highest BCUT2D eigenvalue weighted by Crippen LogP contribution is 2.39. The van der Waals surface area contributed by atoms with Crippen LogP contribution in [0.25, 0.3) is 10.4 Å². The maximum absolute atomic E-state index is 13.3. The third kappa shape index (κ3) is 5.77. The standard InChI is InChI=1S/C19H27N5O9/c1-3-19(4-2)16(31)23(11(14(27)28)7-5-6-10-21-22-20)18(33)24(17(19)32)12(15(29)30)8-9-13(25)26/h11-12H,3-10H2,1-2H3,(H,25,26)(H,27,28)(H,29,30)/t11-,12-/m0/s1. The molecule has 1 rings (SSSR count). The summed E-state index contributed by atoms with van der Waals surface area (Å²) in [5.41, 5.74) is 6.45. The van der Waals surface area contributed by atoms with Crippen molar-refractivity contribution in [3.05, 3.63) is 10.4 Å². The molecule has 0 spiro atoms. The molecule has 14 nitrogen and oxygen atoms in total. The van der Waals surface area contributed by atoms with Crippen molar-refractivity contribution >= 4 is 35.8 Å². The zero-order valence-electron chi connectivity index (χ0n) is 18.3. The Morgan fingerprint density at radius 1 is 0.939 bits per heavy atom. The third-order valence-electron chi connectivity index (χ3n) is 5.75. The van der Waals surface area contributed by atoms with Crippen molar-refractivity contribution in [3.63, 3.8) is 0 Å². The average molecular weight is 469 g/mol. The Balaban J connectivity index is 3.49. The van der Waals surface area contributed by atoms with E-state index in [4.69, 9.17) is 10.6 Å². The number of nitrogens with zero attached hydrogens (tertiary/aromatic N) is 5. The van der Waals surface area contributed by atoms with E-state index in [1.807, 2.05) is 0 Å². The lowest BCUT2D eigenvalue weighted by Crippen LogP contribution is -2.70. The van der Waals surface area contributed by atoms with Gasteiger partial charge in [0.15, 0.2) is 0 Å². The number of carboxylic acids is 3. The van der Waals surface area contributed by atoms with Crippen molar-refractivity contribution in [1.29, 1.82) is 0 Å². The molecule has 0 unspecified atom stereocenters. The number of carboxylic acid groups (broad SMARTS) is 3. The maximum Gasteiger partial charge on any atom is 0.335 e. The number of imide groups is 2. The van der Waals surface area contributed by atoms with Crippen LogP contribution < -0.4 is 0 Å². The van der Waals surface area contributed by atoms with Crippen LogP contribution in [-0.4, -0.2) is 79.5 Å². The van der Waals surface area contributed by atoms with Gasteiger partial charge in [0.25, 0.3) is 0 Å². The quantitative estimate of drug-likeness (QED) is 0.111. The Morgan fingerprint density at radius 2 is 1.42 bits per heavy atom. The van der Waals surface area contributed by atoms with Gasteiger partial charge in [0.2, 0.25) is 11.8 Å². The lowest BCUT2D eigenvalue weighted by molar-refractivity contribution is -0.170. The number of hydrogen-bond acceptors (Lipinski definition) is 7. The Hall–Kier alpha value is -3.67. The summed E-state index contributed by atoms with van der Waals surface area (Å²) in [5.74, 6) is -6.68. The minimum atomic E-state index is -1.89. The maximum atomic E-state index is 13.3. The Morgan fingerprint density at radius 3 is 1.82 bits per heavy atom. The fraction of sp³-hybridized carbons (Fsp3) is 0.684. The normalized spacial score (nSPS) is 17.3. The molecule has 2 atom stereocenters. The second-order valence-electron chi connectivity index (χ2n) is 7.51. The lowest BCUT2D eigenvalue weighted by atomic mass is 9.77. The summed E-state index contributed by atoms with van der Waals surface area (Å²) in [4.78, 5) is 77.8. The van der Waals surface area contributed by atoms with E-state index in [-0.39, 0.29) is 38.6 Å². The van der Waals surface area contributed by atoms with Crippen molar-refractivity contribution in [2.24, 2.45) is 10.5 Å². The number of unbranched alkanes of at least 4 members (excludes halogenated alkanes) is 1. The smallest absolute Gasteiger partial charge is 0.335 e. The summed E-state index contributed by atoms with van der Waals surface area (Å²) in [6.07, 6.45) is -1.33. The van der Waals surface area contributed by atoms with Crippen LogP contribution in [0.3, 0.4) is 0 Å². The van der Waals surface area contributed by atoms with Crippen LogP contribution >= 0.6 is 0 Å². The van der Waals surface area contributed by atoms with E-state index < -0.39 is 66.1 Å². The van der Waals surface area contributed by atoms with Gasteiger partial charge in [-0.2, -0.15) is 0 Å². The van der Waals surface area contributed by atoms with Crippen LogP contribution in [-0.2, 0) is 24.0 Å². The molecular formula is C19H27N5O9. The first kappa shape index (κ1) is 27.4. The predicted octanol–water partition coefficient (Wildman–Crippen LogP) is 1.84. The molecule has 14 heteroatoms. The first-order valence-corrected chi connectivity index (χ1v) is 10.4. The third-order valence-corrected chi connectivity index (χ3v) is 5.75. The van der Waals surface area contributed by atoms with Crippen LogP contribution in [0.4, 0.5) is 4.79 Å². The van der Waals surface area contributed by atoms with E-state index in [0.717, 1.165) is 0 Å². The molecule has 1 aliphatic heterocycles. The lowest BCUT2D eigenvalue weighted by Gasteiger charge is -2.46. The number of urea groups is 1. The molecular weight excluding hydrogens is 442 g/mol. The fourth-order valence-corrected chi connectivity index (χ4v) is 3.80. The molecule has 1 fully saturated rings. The zero-order valence-corrected chi connectivity index (χ0v) is 18.3. The highest BCUT2D eigenvalue weighted by atomic mass is 16.4. The number of barbiturate groups is 1. The summed E-state index contributed by atoms with van der Waals surface area (Å²) < 4.78 is 0. The first-order valence-electron chi connectivity index (χ1n) is 10.4. The van der Waals surface area contributed by atoms with Crippen LogP contribution in [0.1, 0.15) is 58.8 Å². The molecule has 0 aromatic rings. The highest BCUT2D eigenvalue weighted by molar-refractivity contribution is 6.21. The van der Waals surface area contributed by atoms with Crippen molar-refractivity contribution in [3.8, 4) is 0 Å². The minimum absolute atomic E-state index is 0.0689. The summed E-state index contributed by atoms with van der Waals surface area (Å²) in [6, 6.07) is -5.01. The molecule has 182 valence electrons. The van der Waals surface area contributed by atoms with E-state index in [9.17, 15) is 39.0 Å². The van der Waals surface area contributed by atoms with Gasteiger partial charge in [-0.25, -0.2) is 24.2 Å². The summed E-state index contributed by atoms with van der Waals surface area (Å²) in [6.45, 7) is 3.03.